The number of rotatable bonds is 6. The maximum absolute atomic E-state index is 12.4. The van der Waals surface area contributed by atoms with Crippen LogP contribution in [0, 0.1) is 6.92 Å². The van der Waals surface area contributed by atoms with Crippen molar-refractivity contribution < 1.29 is 23.4 Å². The molecule has 1 aliphatic rings. The minimum absolute atomic E-state index is 0.0524. The Morgan fingerprint density at radius 2 is 2.19 bits per heavy atom. The Kier molecular flexibility index (Phi) is 5.22. The normalized spacial score (nSPS) is 16.3. The summed E-state index contributed by atoms with van der Waals surface area (Å²) in [5.41, 5.74) is 2.61. The van der Waals surface area contributed by atoms with Crippen LogP contribution in [0.15, 0.2) is 43.0 Å². The Labute approximate surface area is 182 Å². The first kappa shape index (κ1) is 20.4. The molecule has 0 aliphatic carbocycles. The second-order valence-corrected chi connectivity index (χ2v) is 7.69. The highest BCUT2D eigenvalue weighted by Gasteiger charge is 2.21. The summed E-state index contributed by atoms with van der Waals surface area (Å²) in [6, 6.07) is 5.45. The number of aromatic hydroxyl groups is 1. The molecule has 1 atom stereocenters. The summed E-state index contributed by atoms with van der Waals surface area (Å²) in [6.07, 6.45) is 4.91. The van der Waals surface area contributed by atoms with Crippen LogP contribution in [-0.2, 0) is 4.74 Å². The van der Waals surface area contributed by atoms with Crippen LogP contribution < -0.4 is 4.74 Å². The number of hydrogen-bond donors (Lipinski definition) is 1. The fourth-order valence-electron chi connectivity index (χ4n) is 3.90. The van der Waals surface area contributed by atoms with Crippen LogP contribution >= 0.6 is 0 Å². The van der Waals surface area contributed by atoms with Crippen LogP contribution in [0.3, 0.4) is 0 Å². The third kappa shape index (κ3) is 3.77. The van der Waals surface area contributed by atoms with Crippen LogP contribution in [-0.4, -0.2) is 55.7 Å². The van der Waals surface area contributed by atoms with Gasteiger partial charge in [-0.1, -0.05) is 0 Å². The van der Waals surface area contributed by atoms with E-state index >= 15 is 0 Å². The average molecular weight is 441 g/mol. The van der Waals surface area contributed by atoms with Gasteiger partial charge < -0.3 is 14.6 Å². The van der Waals surface area contributed by atoms with Crippen molar-refractivity contribution in [2.75, 3.05) is 19.8 Å². The maximum Gasteiger partial charge on any atom is 0.272 e. The summed E-state index contributed by atoms with van der Waals surface area (Å²) < 4.78 is 38.8. The summed E-state index contributed by atoms with van der Waals surface area (Å²) in [6.45, 7) is 2.51. The molecule has 1 saturated heterocycles. The molecule has 1 aliphatic heterocycles. The summed E-state index contributed by atoms with van der Waals surface area (Å²) in [5.74, 6) is 0.873. The summed E-state index contributed by atoms with van der Waals surface area (Å²) in [5, 5.41) is 16.1. The standard InChI is InChI=1S/C22H21F2N5O3/c1-13-6-17(14-7-16(9-25-8-14)32-12-19(23)24)26-18-10-28(22(30)21(13)18)20-2-4-29(27-20)15-3-5-31-11-15/h2,4,6-10,15,19,30H,3,5,11-12H2,1H3. The Hall–Kier alpha value is -3.53. The van der Waals surface area contributed by atoms with Crippen LogP contribution in [0.5, 0.6) is 11.6 Å². The summed E-state index contributed by atoms with van der Waals surface area (Å²) in [7, 11) is 0. The zero-order valence-electron chi connectivity index (χ0n) is 17.3. The van der Waals surface area contributed by atoms with Crippen LogP contribution in [0.2, 0.25) is 0 Å². The van der Waals surface area contributed by atoms with Crippen molar-refractivity contribution in [3.63, 3.8) is 0 Å². The Balaban J connectivity index is 1.50. The quantitative estimate of drug-likeness (QED) is 0.488. The van der Waals surface area contributed by atoms with E-state index in [0.29, 0.717) is 41.2 Å². The Morgan fingerprint density at radius 3 is 2.97 bits per heavy atom. The second-order valence-electron chi connectivity index (χ2n) is 7.69. The molecule has 1 fully saturated rings. The van der Waals surface area contributed by atoms with Crippen LogP contribution in [0.25, 0.3) is 28.0 Å². The van der Waals surface area contributed by atoms with Crippen molar-refractivity contribution in [2.24, 2.45) is 0 Å². The van der Waals surface area contributed by atoms with E-state index in [-0.39, 0.29) is 17.7 Å². The van der Waals surface area contributed by atoms with E-state index in [1.165, 1.54) is 6.20 Å². The SMILES string of the molecule is Cc1cc(-c2cncc(OCC(F)F)c2)nc2cn(-c3ccn(C4CCOC4)n3)c(O)c12. The van der Waals surface area contributed by atoms with Gasteiger partial charge in [-0.05, 0) is 31.0 Å². The topological polar surface area (TPSA) is 87.2 Å². The molecule has 0 radical (unpaired) electrons. The number of pyridine rings is 2. The first-order valence-corrected chi connectivity index (χ1v) is 10.2. The lowest BCUT2D eigenvalue weighted by Crippen LogP contribution is -2.09. The largest absolute Gasteiger partial charge is 0.494 e. The lowest BCUT2D eigenvalue weighted by Gasteiger charge is -2.08. The zero-order valence-corrected chi connectivity index (χ0v) is 17.3. The first-order chi connectivity index (χ1) is 15.5. The van der Waals surface area contributed by atoms with E-state index in [1.807, 2.05) is 29.9 Å². The van der Waals surface area contributed by atoms with Gasteiger partial charge in [0, 0.05) is 36.8 Å². The highest BCUT2D eigenvalue weighted by Crippen LogP contribution is 2.34. The molecular weight excluding hydrogens is 420 g/mol. The Morgan fingerprint density at radius 1 is 1.31 bits per heavy atom. The third-order valence-corrected chi connectivity index (χ3v) is 5.45. The zero-order chi connectivity index (χ0) is 22.2. The number of aryl methyl sites for hydroxylation is 1. The number of nitrogens with zero attached hydrogens (tertiary/aromatic N) is 5. The number of fused-ring (bicyclic) bond motifs is 1. The van der Waals surface area contributed by atoms with Gasteiger partial charge in [-0.25, -0.2) is 13.8 Å². The predicted octanol–water partition coefficient (Wildman–Crippen LogP) is 3.90. The molecule has 0 amide bonds. The number of hydrogen-bond acceptors (Lipinski definition) is 6. The van der Waals surface area contributed by atoms with Crippen molar-refractivity contribution in [3.05, 3.63) is 48.5 Å². The van der Waals surface area contributed by atoms with Crippen LogP contribution in [0.1, 0.15) is 18.0 Å². The first-order valence-electron chi connectivity index (χ1n) is 10.2. The van der Waals surface area contributed by atoms with Gasteiger partial charge in [0.1, 0.15) is 12.4 Å². The molecule has 4 aromatic rings. The predicted molar refractivity (Wildman–Crippen MR) is 112 cm³/mol. The molecule has 4 aromatic heterocycles. The fourth-order valence-corrected chi connectivity index (χ4v) is 3.90. The van der Waals surface area contributed by atoms with Crippen molar-refractivity contribution in [2.45, 2.75) is 25.8 Å². The van der Waals surface area contributed by atoms with E-state index in [2.05, 4.69) is 15.1 Å². The molecule has 5 heterocycles. The summed E-state index contributed by atoms with van der Waals surface area (Å²) in [4.78, 5) is 8.73. The van der Waals surface area contributed by atoms with E-state index in [9.17, 15) is 13.9 Å². The van der Waals surface area contributed by atoms with Gasteiger partial charge in [0.2, 0.25) is 5.88 Å². The Bertz CT molecular complexity index is 1260. The van der Waals surface area contributed by atoms with Gasteiger partial charge in [0.05, 0.1) is 35.4 Å². The maximum atomic E-state index is 12.4. The summed E-state index contributed by atoms with van der Waals surface area (Å²) >= 11 is 0. The van der Waals surface area contributed by atoms with Crippen LogP contribution in [0.4, 0.5) is 8.78 Å². The highest BCUT2D eigenvalue weighted by atomic mass is 19.3. The molecule has 0 saturated carbocycles. The van der Waals surface area contributed by atoms with Gasteiger partial charge in [-0.2, -0.15) is 5.10 Å². The number of ether oxygens (including phenoxy) is 2. The molecule has 5 rings (SSSR count). The minimum Gasteiger partial charge on any atom is -0.494 e. The number of alkyl halides is 2. The molecule has 1 unspecified atom stereocenters. The molecule has 1 N–H and O–H groups in total. The fraction of sp³-hybridized carbons (Fsp3) is 0.318. The van der Waals surface area contributed by atoms with Crippen molar-refractivity contribution in [1.82, 2.24) is 24.3 Å². The second kappa shape index (κ2) is 8.19. The van der Waals surface area contributed by atoms with Gasteiger partial charge in [-0.3, -0.25) is 14.2 Å². The van der Waals surface area contributed by atoms with Gasteiger partial charge in [0.15, 0.2) is 5.82 Å². The third-order valence-electron chi connectivity index (χ3n) is 5.45. The van der Waals surface area contributed by atoms with Crippen molar-refractivity contribution in [3.8, 4) is 28.7 Å². The molecule has 32 heavy (non-hydrogen) atoms. The molecule has 8 nitrogen and oxygen atoms in total. The molecule has 0 spiro atoms. The number of aromatic nitrogens is 5. The lowest BCUT2D eigenvalue weighted by molar-refractivity contribution is 0.0817. The molecule has 0 aromatic carbocycles. The molecular formula is C22H21F2N5O3. The van der Waals surface area contributed by atoms with E-state index in [4.69, 9.17) is 9.47 Å². The van der Waals surface area contributed by atoms with Gasteiger partial charge >= 0.3 is 0 Å². The van der Waals surface area contributed by atoms with E-state index in [1.54, 1.807) is 23.0 Å². The molecule has 0 bridgehead atoms. The molecule has 166 valence electrons. The smallest absolute Gasteiger partial charge is 0.272 e. The van der Waals surface area contributed by atoms with Crippen molar-refractivity contribution in [1.29, 1.82) is 0 Å². The monoisotopic (exact) mass is 441 g/mol. The number of halogens is 2. The van der Waals surface area contributed by atoms with Gasteiger partial charge in [0.25, 0.3) is 6.43 Å². The highest BCUT2D eigenvalue weighted by molar-refractivity contribution is 5.90. The molecule has 10 heteroatoms. The average Bonchev–Trinajstić information content (AvgIpc) is 3.52. The van der Waals surface area contributed by atoms with E-state index < -0.39 is 13.0 Å². The lowest BCUT2D eigenvalue weighted by atomic mass is 10.1. The minimum atomic E-state index is -2.57. The van der Waals surface area contributed by atoms with Crippen molar-refractivity contribution >= 4 is 10.9 Å². The van der Waals surface area contributed by atoms with E-state index in [0.717, 1.165) is 12.0 Å². The van der Waals surface area contributed by atoms with Gasteiger partial charge in [-0.15, -0.1) is 0 Å².